The van der Waals surface area contributed by atoms with Gasteiger partial charge in [0, 0.05) is 22.8 Å². The van der Waals surface area contributed by atoms with Gasteiger partial charge in [-0.3, -0.25) is 0 Å². The summed E-state index contributed by atoms with van der Waals surface area (Å²) in [6.07, 6.45) is 3.36. The summed E-state index contributed by atoms with van der Waals surface area (Å²) in [6.45, 7) is 0. The van der Waals surface area contributed by atoms with E-state index in [1.54, 1.807) is 18.5 Å². The molecule has 0 unspecified atom stereocenters. The third-order valence-corrected chi connectivity index (χ3v) is 4.88. The van der Waals surface area contributed by atoms with Crippen LogP contribution in [-0.4, -0.2) is 21.0 Å². The minimum atomic E-state index is -0.879. The van der Waals surface area contributed by atoms with Crippen LogP contribution in [0.25, 0.3) is 10.1 Å². The topological polar surface area (TPSA) is 63.1 Å². The lowest BCUT2D eigenvalue weighted by molar-refractivity contribution is 0.0701. The van der Waals surface area contributed by atoms with E-state index in [0.717, 1.165) is 15.6 Å². The fourth-order valence-corrected chi connectivity index (χ4v) is 3.91. The Hall–Kier alpha value is -1.92. The molecule has 0 aliphatic heterocycles. The number of hydrogen-bond donors (Lipinski definition) is 1. The average Bonchev–Trinajstić information content (AvgIpc) is 2.85. The first kappa shape index (κ1) is 13.1. The van der Waals surface area contributed by atoms with Crippen LogP contribution in [0.2, 0.25) is 0 Å². The number of carbonyl (C=O) groups is 1. The number of carboxylic acid groups (broad SMARTS) is 1. The van der Waals surface area contributed by atoms with Crippen LogP contribution in [-0.2, 0) is 5.75 Å². The molecule has 20 heavy (non-hydrogen) atoms. The minimum absolute atomic E-state index is 0.398. The zero-order valence-electron chi connectivity index (χ0n) is 10.3. The van der Waals surface area contributed by atoms with Crippen molar-refractivity contribution in [2.45, 2.75) is 10.9 Å². The van der Waals surface area contributed by atoms with E-state index < -0.39 is 5.97 Å². The number of carboxylic acids is 1. The molecule has 0 saturated carbocycles. The van der Waals surface area contributed by atoms with Crippen molar-refractivity contribution in [2.75, 3.05) is 0 Å². The van der Waals surface area contributed by atoms with Gasteiger partial charge in [-0.15, -0.1) is 11.3 Å². The van der Waals surface area contributed by atoms with Crippen molar-refractivity contribution in [3.05, 3.63) is 53.2 Å². The van der Waals surface area contributed by atoms with Crippen molar-refractivity contribution in [2.24, 2.45) is 0 Å². The number of hydrogen-bond acceptors (Lipinski definition) is 5. The van der Waals surface area contributed by atoms with E-state index in [4.69, 9.17) is 0 Å². The molecule has 0 saturated heterocycles. The maximum absolute atomic E-state index is 11.4. The predicted molar refractivity (Wildman–Crippen MR) is 80.4 cm³/mol. The van der Waals surface area contributed by atoms with Crippen molar-refractivity contribution in [3.8, 4) is 0 Å². The fourth-order valence-electron chi connectivity index (χ4n) is 1.91. The second-order valence-electron chi connectivity index (χ2n) is 4.03. The molecule has 1 N–H and O–H groups in total. The predicted octanol–water partition coefficient (Wildman–Crippen LogP) is 3.68. The molecule has 6 heteroatoms. The number of benzene rings is 1. The highest BCUT2D eigenvalue weighted by molar-refractivity contribution is 7.98. The van der Waals surface area contributed by atoms with Crippen LogP contribution in [0, 0.1) is 0 Å². The molecule has 3 rings (SSSR count). The summed E-state index contributed by atoms with van der Waals surface area (Å²) in [5.74, 6) is -0.328. The third kappa shape index (κ3) is 2.52. The van der Waals surface area contributed by atoms with Gasteiger partial charge in [0.25, 0.3) is 0 Å². The van der Waals surface area contributed by atoms with Gasteiger partial charge in [0.2, 0.25) is 0 Å². The first-order valence-corrected chi connectivity index (χ1v) is 7.69. The standard InChI is InChI=1S/C14H10N2O2S2/c17-13(18)12-10(8-19-14-15-6-3-7-16-14)9-4-1-2-5-11(9)20-12/h1-7H,8H2,(H,17,18). The first-order valence-electron chi connectivity index (χ1n) is 5.89. The van der Waals surface area contributed by atoms with Crippen LogP contribution < -0.4 is 0 Å². The molecule has 2 heterocycles. The highest BCUT2D eigenvalue weighted by Gasteiger charge is 2.17. The Kier molecular flexibility index (Phi) is 3.66. The Morgan fingerprint density at radius 3 is 2.70 bits per heavy atom. The number of aromatic nitrogens is 2. The molecule has 4 nitrogen and oxygen atoms in total. The average molecular weight is 302 g/mol. The first-order chi connectivity index (χ1) is 9.75. The third-order valence-electron chi connectivity index (χ3n) is 2.78. The summed E-state index contributed by atoms with van der Waals surface area (Å²) in [4.78, 5) is 20.1. The van der Waals surface area contributed by atoms with Gasteiger partial charge in [-0.1, -0.05) is 30.0 Å². The lowest BCUT2D eigenvalue weighted by Gasteiger charge is -2.01. The van der Waals surface area contributed by atoms with Crippen molar-refractivity contribution >= 4 is 39.2 Å². The van der Waals surface area contributed by atoms with Crippen LogP contribution in [0.4, 0.5) is 0 Å². The minimum Gasteiger partial charge on any atom is -0.477 e. The molecule has 0 radical (unpaired) electrons. The van der Waals surface area contributed by atoms with E-state index in [9.17, 15) is 9.90 Å². The number of nitrogens with zero attached hydrogens (tertiary/aromatic N) is 2. The zero-order chi connectivity index (χ0) is 13.9. The number of thiophene rings is 1. The molecule has 0 bridgehead atoms. The number of rotatable bonds is 4. The smallest absolute Gasteiger partial charge is 0.346 e. The highest BCUT2D eigenvalue weighted by Crippen LogP contribution is 2.34. The molecule has 100 valence electrons. The largest absolute Gasteiger partial charge is 0.477 e. The van der Waals surface area contributed by atoms with E-state index in [-0.39, 0.29) is 0 Å². The summed E-state index contributed by atoms with van der Waals surface area (Å²) in [5, 5.41) is 11.0. The SMILES string of the molecule is O=C(O)c1sc2ccccc2c1CSc1ncccn1. The second kappa shape index (κ2) is 5.60. The Morgan fingerprint density at radius 1 is 1.20 bits per heavy atom. The van der Waals surface area contributed by atoms with Gasteiger partial charge < -0.3 is 5.11 Å². The van der Waals surface area contributed by atoms with Gasteiger partial charge in [-0.25, -0.2) is 14.8 Å². The summed E-state index contributed by atoms with van der Waals surface area (Å²) < 4.78 is 0.995. The van der Waals surface area contributed by atoms with Gasteiger partial charge >= 0.3 is 5.97 Å². The molecule has 3 aromatic rings. The summed E-state index contributed by atoms with van der Waals surface area (Å²) in [6, 6.07) is 9.50. The van der Waals surface area contributed by atoms with Crippen molar-refractivity contribution in [3.63, 3.8) is 0 Å². The van der Waals surface area contributed by atoms with Crippen LogP contribution in [0.5, 0.6) is 0 Å². The molecule has 0 aliphatic carbocycles. The van der Waals surface area contributed by atoms with Gasteiger partial charge in [-0.2, -0.15) is 0 Å². The molecular weight excluding hydrogens is 292 g/mol. The number of aromatic carboxylic acids is 1. The van der Waals surface area contributed by atoms with E-state index in [2.05, 4.69) is 9.97 Å². The van der Waals surface area contributed by atoms with Crippen molar-refractivity contribution in [1.82, 2.24) is 9.97 Å². The van der Waals surface area contributed by atoms with Crippen molar-refractivity contribution in [1.29, 1.82) is 0 Å². The lowest BCUT2D eigenvalue weighted by Crippen LogP contribution is -1.97. The quantitative estimate of drug-likeness (QED) is 0.588. The highest BCUT2D eigenvalue weighted by atomic mass is 32.2. The Balaban J connectivity index is 1.97. The summed E-state index contributed by atoms with van der Waals surface area (Å²) >= 11 is 2.76. The molecule has 0 spiro atoms. The van der Waals surface area contributed by atoms with E-state index in [1.165, 1.54) is 23.1 Å². The Bertz CT molecular complexity index is 756. The molecule has 0 atom stereocenters. The number of fused-ring (bicyclic) bond motifs is 1. The molecule has 1 aromatic carbocycles. The van der Waals surface area contributed by atoms with E-state index in [0.29, 0.717) is 15.8 Å². The molecule has 0 aliphatic rings. The summed E-state index contributed by atoms with van der Waals surface area (Å²) in [7, 11) is 0. The van der Waals surface area contributed by atoms with Crippen LogP contribution >= 0.6 is 23.1 Å². The van der Waals surface area contributed by atoms with Gasteiger partial charge in [0.1, 0.15) is 4.88 Å². The van der Waals surface area contributed by atoms with E-state index >= 15 is 0 Å². The molecular formula is C14H10N2O2S2. The van der Waals surface area contributed by atoms with Gasteiger partial charge in [0.05, 0.1) is 0 Å². The number of thioether (sulfide) groups is 1. The van der Waals surface area contributed by atoms with E-state index in [1.807, 2.05) is 24.3 Å². The van der Waals surface area contributed by atoms with Crippen LogP contribution in [0.15, 0.2) is 47.9 Å². The second-order valence-corrected chi connectivity index (χ2v) is 6.03. The summed E-state index contributed by atoms with van der Waals surface area (Å²) in [5.41, 5.74) is 0.843. The molecule has 0 fully saturated rings. The van der Waals surface area contributed by atoms with Gasteiger partial charge in [-0.05, 0) is 23.1 Å². The maximum atomic E-state index is 11.4. The fraction of sp³-hybridized carbons (Fsp3) is 0.0714. The maximum Gasteiger partial charge on any atom is 0.346 e. The zero-order valence-corrected chi connectivity index (χ0v) is 11.9. The Morgan fingerprint density at radius 2 is 1.95 bits per heavy atom. The van der Waals surface area contributed by atoms with Crippen molar-refractivity contribution < 1.29 is 9.90 Å². The lowest BCUT2D eigenvalue weighted by atomic mass is 10.1. The van der Waals surface area contributed by atoms with Crippen LogP contribution in [0.3, 0.4) is 0 Å². The normalized spacial score (nSPS) is 10.8. The Labute approximate surface area is 123 Å². The monoisotopic (exact) mass is 302 g/mol. The van der Waals surface area contributed by atoms with Gasteiger partial charge in [0.15, 0.2) is 5.16 Å². The molecule has 0 amide bonds. The van der Waals surface area contributed by atoms with Crippen LogP contribution in [0.1, 0.15) is 15.2 Å². The molecule has 2 aromatic heterocycles.